The highest BCUT2D eigenvalue weighted by molar-refractivity contribution is 5.26. The number of hydrogen-bond acceptors (Lipinski definition) is 2. The summed E-state index contributed by atoms with van der Waals surface area (Å²) in [4.78, 5) is 0. The number of allylic oxidation sites excluding steroid dienone is 1. The fourth-order valence-electron chi connectivity index (χ4n) is 4.26. The maximum absolute atomic E-state index is 5.88. The van der Waals surface area contributed by atoms with Gasteiger partial charge in [-0.25, -0.2) is 0 Å². The summed E-state index contributed by atoms with van der Waals surface area (Å²) >= 11 is 0. The van der Waals surface area contributed by atoms with Gasteiger partial charge in [0, 0.05) is 7.11 Å². The molecule has 2 aliphatic rings. The molecular formula is C23H34O2. The van der Waals surface area contributed by atoms with E-state index in [0.29, 0.717) is 12.2 Å². The summed E-state index contributed by atoms with van der Waals surface area (Å²) in [5, 5.41) is 0. The molecular weight excluding hydrogens is 308 g/mol. The standard InChI is InChI=1S/C23H34O2/c1-3-4-18-5-10-20(11-6-18)21-12-7-19(8-13-21)9-14-22-15-16-23(24-2)17-25-22/h5-6,9-11,14,19,21-23H,3-4,7-8,12-13,15-17H2,1-2H3/b14-9+. The van der Waals surface area contributed by atoms with E-state index in [1.54, 1.807) is 12.7 Å². The molecule has 2 atom stereocenters. The van der Waals surface area contributed by atoms with Crippen LogP contribution in [0.15, 0.2) is 36.4 Å². The minimum absolute atomic E-state index is 0.295. The Bertz CT molecular complexity index is 518. The predicted octanol–water partition coefficient (Wildman–Crippen LogP) is 5.66. The summed E-state index contributed by atoms with van der Waals surface area (Å²) in [5.41, 5.74) is 3.02. The zero-order valence-electron chi connectivity index (χ0n) is 16.0. The van der Waals surface area contributed by atoms with E-state index in [1.165, 1.54) is 44.1 Å². The van der Waals surface area contributed by atoms with Crippen molar-refractivity contribution in [1.29, 1.82) is 0 Å². The first-order valence-corrected chi connectivity index (χ1v) is 10.2. The van der Waals surface area contributed by atoms with Crippen molar-refractivity contribution < 1.29 is 9.47 Å². The quantitative estimate of drug-likeness (QED) is 0.621. The van der Waals surface area contributed by atoms with E-state index in [2.05, 4.69) is 43.3 Å². The number of aryl methyl sites for hydroxylation is 1. The highest BCUT2D eigenvalue weighted by atomic mass is 16.5. The second-order valence-electron chi connectivity index (χ2n) is 7.80. The second kappa shape index (κ2) is 9.54. The molecule has 1 saturated heterocycles. The summed E-state index contributed by atoms with van der Waals surface area (Å²) in [6.45, 7) is 2.99. The molecule has 0 N–H and O–H groups in total. The Kier molecular flexibility index (Phi) is 7.12. The minimum atomic E-state index is 0.295. The van der Waals surface area contributed by atoms with Crippen molar-refractivity contribution in [3.8, 4) is 0 Å². The van der Waals surface area contributed by atoms with Crippen molar-refractivity contribution in [2.45, 2.75) is 76.4 Å². The summed E-state index contributed by atoms with van der Waals surface area (Å²) in [6.07, 6.45) is 15.2. The van der Waals surface area contributed by atoms with Crippen molar-refractivity contribution in [3.05, 3.63) is 47.5 Å². The van der Waals surface area contributed by atoms with Gasteiger partial charge in [0.05, 0.1) is 18.8 Å². The van der Waals surface area contributed by atoms with Crippen molar-refractivity contribution in [1.82, 2.24) is 0 Å². The summed E-state index contributed by atoms with van der Waals surface area (Å²) in [7, 11) is 1.78. The monoisotopic (exact) mass is 342 g/mol. The topological polar surface area (TPSA) is 18.5 Å². The maximum Gasteiger partial charge on any atom is 0.0806 e. The summed E-state index contributed by atoms with van der Waals surface area (Å²) < 4.78 is 11.2. The lowest BCUT2D eigenvalue weighted by Crippen LogP contribution is -2.29. The van der Waals surface area contributed by atoms with Crippen LogP contribution in [-0.2, 0) is 15.9 Å². The lowest BCUT2D eigenvalue weighted by Gasteiger charge is -2.29. The Balaban J connectivity index is 1.43. The molecule has 25 heavy (non-hydrogen) atoms. The fourth-order valence-corrected chi connectivity index (χ4v) is 4.26. The molecule has 2 fully saturated rings. The van der Waals surface area contributed by atoms with Gasteiger partial charge in [0.1, 0.15) is 0 Å². The molecule has 1 aromatic carbocycles. The lowest BCUT2D eigenvalue weighted by atomic mass is 9.78. The number of rotatable bonds is 6. The van der Waals surface area contributed by atoms with Gasteiger partial charge in [0.15, 0.2) is 0 Å². The van der Waals surface area contributed by atoms with E-state index in [-0.39, 0.29) is 0 Å². The van der Waals surface area contributed by atoms with Crippen molar-refractivity contribution in [2.75, 3.05) is 13.7 Å². The van der Waals surface area contributed by atoms with Gasteiger partial charge in [-0.2, -0.15) is 0 Å². The first-order chi connectivity index (χ1) is 12.3. The molecule has 2 nitrogen and oxygen atoms in total. The molecule has 1 aliphatic carbocycles. The second-order valence-corrected chi connectivity index (χ2v) is 7.80. The predicted molar refractivity (Wildman–Crippen MR) is 104 cm³/mol. The van der Waals surface area contributed by atoms with Crippen LogP contribution in [0.3, 0.4) is 0 Å². The molecule has 0 spiro atoms. The fraction of sp³-hybridized carbons (Fsp3) is 0.652. The van der Waals surface area contributed by atoms with Crippen LogP contribution >= 0.6 is 0 Å². The van der Waals surface area contributed by atoms with Gasteiger partial charge < -0.3 is 9.47 Å². The van der Waals surface area contributed by atoms with Crippen LogP contribution in [0.2, 0.25) is 0 Å². The Hall–Kier alpha value is -1.12. The Morgan fingerprint density at radius 1 is 1.00 bits per heavy atom. The maximum atomic E-state index is 5.88. The third-order valence-corrected chi connectivity index (χ3v) is 5.96. The molecule has 2 heteroatoms. The van der Waals surface area contributed by atoms with Crippen LogP contribution in [0.5, 0.6) is 0 Å². The summed E-state index contributed by atoms with van der Waals surface area (Å²) in [6, 6.07) is 9.40. The Morgan fingerprint density at radius 2 is 1.76 bits per heavy atom. The zero-order chi connectivity index (χ0) is 17.5. The molecule has 0 aromatic heterocycles. The summed E-state index contributed by atoms with van der Waals surface area (Å²) in [5.74, 6) is 1.49. The zero-order valence-corrected chi connectivity index (χ0v) is 16.0. The molecule has 1 aliphatic heterocycles. The van der Waals surface area contributed by atoms with Crippen molar-refractivity contribution >= 4 is 0 Å². The van der Waals surface area contributed by atoms with E-state index in [9.17, 15) is 0 Å². The largest absolute Gasteiger partial charge is 0.379 e. The van der Waals surface area contributed by atoms with Crippen molar-refractivity contribution in [3.63, 3.8) is 0 Å². The number of benzene rings is 1. The first-order valence-electron chi connectivity index (χ1n) is 10.2. The molecule has 0 radical (unpaired) electrons. The van der Waals surface area contributed by atoms with E-state index >= 15 is 0 Å². The average Bonchev–Trinajstić information content (AvgIpc) is 2.68. The van der Waals surface area contributed by atoms with E-state index < -0.39 is 0 Å². The molecule has 2 unspecified atom stereocenters. The Morgan fingerprint density at radius 3 is 2.36 bits per heavy atom. The van der Waals surface area contributed by atoms with Crippen LogP contribution < -0.4 is 0 Å². The SMILES string of the molecule is CCCc1ccc(C2CCC(/C=C/C3CCC(OC)CO3)CC2)cc1. The lowest BCUT2D eigenvalue weighted by molar-refractivity contribution is -0.0545. The van der Waals surface area contributed by atoms with Gasteiger partial charge >= 0.3 is 0 Å². The van der Waals surface area contributed by atoms with Gasteiger partial charge in [-0.15, -0.1) is 0 Å². The molecule has 1 aromatic rings. The van der Waals surface area contributed by atoms with Gasteiger partial charge in [0.25, 0.3) is 0 Å². The molecule has 0 bridgehead atoms. The number of methoxy groups -OCH3 is 1. The van der Waals surface area contributed by atoms with E-state index in [1.807, 2.05) is 0 Å². The normalized spacial score (nSPS) is 30.6. The smallest absolute Gasteiger partial charge is 0.0806 e. The number of hydrogen-bond donors (Lipinski definition) is 0. The van der Waals surface area contributed by atoms with Crippen LogP contribution in [0, 0.1) is 5.92 Å². The minimum Gasteiger partial charge on any atom is -0.379 e. The first kappa shape index (κ1) is 18.7. The van der Waals surface area contributed by atoms with Crippen LogP contribution in [0.1, 0.15) is 68.9 Å². The van der Waals surface area contributed by atoms with Crippen LogP contribution in [-0.4, -0.2) is 25.9 Å². The molecule has 3 rings (SSSR count). The van der Waals surface area contributed by atoms with E-state index in [0.717, 1.165) is 31.3 Å². The molecule has 1 heterocycles. The van der Waals surface area contributed by atoms with Gasteiger partial charge in [0.2, 0.25) is 0 Å². The van der Waals surface area contributed by atoms with Crippen molar-refractivity contribution in [2.24, 2.45) is 5.92 Å². The molecule has 138 valence electrons. The van der Waals surface area contributed by atoms with Gasteiger partial charge in [-0.3, -0.25) is 0 Å². The highest BCUT2D eigenvalue weighted by Gasteiger charge is 2.22. The average molecular weight is 343 g/mol. The number of ether oxygens (including phenoxy) is 2. The van der Waals surface area contributed by atoms with Crippen LogP contribution in [0.4, 0.5) is 0 Å². The third-order valence-electron chi connectivity index (χ3n) is 5.96. The van der Waals surface area contributed by atoms with Crippen LogP contribution in [0.25, 0.3) is 0 Å². The molecule has 0 amide bonds. The molecule has 1 saturated carbocycles. The van der Waals surface area contributed by atoms with Gasteiger partial charge in [-0.05, 0) is 67.9 Å². The van der Waals surface area contributed by atoms with E-state index in [4.69, 9.17) is 9.47 Å². The highest BCUT2D eigenvalue weighted by Crippen LogP contribution is 2.36. The van der Waals surface area contributed by atoms with Gasteiger partial charge in [-0.1, -0.05) is 49.8 Å². The Labute approximate surface area is 153 Å². The third kappa shape index (κ3) is 5.43.